The van der Waals surface area contributed by atoms with E-state index in [0.29, 0.717) is 31.4 Å². The van der Waals surface area contributed by atoms with E-state index < -0.39 is 11.2 Å². The maximum Gasteiger partial charge on any atom is 0.256 e. The quantitative estimate of drug-likeness (QED) is 0.922. The number of benzene rings is 2. The molecule has 1 amide bonds. The first kappa shape index (κ1) is 17.5. The number of aliphatic hydroxyl groups excluding tert-OH is 1. The van der Waals surface area contributed by atoms with Crippen LogP contribution in [-0.4, -0.2) is 35.6 Å². The van der Waals surface area contributed by atoms with E-state index >= 15 is 0 Å². The zero-order valence-electron chi connectivity index (χ0n) is 13.9. The van der Waals surface area contributed by atoms with Gasteiger partial charge in [-0.2, -0.15) is 0 Å². The highest BCUT2D eigenvalue weighted by molar-refractivity contribution is 5.94. The molecule has 1 saturated heterocycles. The van der Waals surface area contributed by atoms with Gasteiger partial charge in [-0.05, 0) is 43.0 Å². The smallest absolute Gasteiger partial charge is 0.256 e. The maximum atomic E-state index is 14.0. The van der Waals surface area contributed by atoms with E-state index in [4.69, 9.17) is 0 Å². The van der Waals surface area contributed by atoms with Crippen LogP contribution in [0.3, 0.4) is 0 Å². The Morgan fingerprint density at radius 3 is 2.44 bits per heavy atom. The average Bonchev–Trinajstić information content (AvgIpc) is 2.64. The van der Waals surface area contributed by atoms with Crippen LogP contribution in [0, 0.1) is 17.0 Å². The lowest BCUT2D eigenvalue weighted by Gasteiger charge is -2.42. The van der Waals surface area contributed by atoms with E-state index in [2.05, 4.69) is 0 Å². The molecule has 3 rings (SSSR count). The zero-order valence-corrected chi connectivity index (χ0v) is 13.9. The number of hydrogen-bond donors (Lipinski definition) is 1. The number of carbonyl (C=O) groups excluding carboxylic acids is 1. The molecule has 132 valence electrons. The molecule has 0 saturated carbocycles. The molecule has 5 heteroatoms. The molecule has 1 heterocycles. The predicted molar refractivity (Wildman–Crippen MR) is 91.2 cm³/mol. The zero-order chi connectivity index (χ0) is 17.9. The molecule has 3 nitrogen and oxygen atoms in total. The number of halogens is 2. The summed E-state index contributed by atoms with van der Waals surface area (Å²) in [5.41, 5.74) is -0.0553. The van der Waals surface area contributed by atoms with Crippen molar-refractivity contribution >= 4 is 5.91 Å². The van der Waals surface area contributed by atoms with Gasteiger partial charge >= 0.3 is 0 Å². The molecular weight excluding hydrogens is 324 g/mol. The molecular formula is C20H21F2NO2. The van der Waals surface area contributed by atoms with Crippen molar-refractivity contribution in [3.05, 3.63) is 71.3 Å². The summed E-state index contributed by atoms with van der Waals surface area (Å²) < 4.78 is 27.9. The average molecular weight is 345 g/mol. The lowest BCUT2D eigenvalue weighted by atomic mass is 9.75. The van der Waals surface area contributed by atoms with Gasteiger partial charge in [0.25, 0.3) is 5.91 Å². The van der Waals surface area contributed by atoms with Crippen LogP contribution in [-0.2, 0) is 6.42 Å². The minimum Gasteiger partial charge on any atom is -0.396 e. The number of aliphatic hydroxyl groups is 1. The van der Waals surface area contributed by atoms with Crippen molar-refractivity contribution in [1.82, 2.24) is 4.90 Å². The van der Waals surface area contributed by atoms with E-state index in [1.54, 1.807) is 35.2 Å². The fourth-order valence-corrected chi connectivity index (χ4v) is 3.56. The fourth-order valence-electron chi connectivity index (χ4n) is 3.56. The lowest BCUT2D eigenvalue weighted by molar-refractivity contribution is 0.0265. The van der Waals surface area contributed by atoms with Gasteiger partial charge in [-0.1, -0.05) is 30.3 Å². The molecule has 1 fully saturated rings. The lowest BCUT2D eigenvalue weighted by Crippen LogP contribution is -2.49. The van der Waals surface area contributed by atoms with Crippen molar-refractivity contribution in [3.63, 3.8) is 0 Å². The summed E-state index contributed by atoms with van der Waals surface area (Å²) in [5.74, 6) is -1.25. The number of hydrogen-bond acceptors (Lipinski definition) is 2. The van der Waals surface area contributed by atoms with Gasteiger partial charge in [0.05, 0.1) is 12.2 Å². The predicted octanol–water partition coefficient (Wildman–Crippen LogP) is 3.42. The van der Waals surface area contributed by atoms with Crippen LogP contribution in [0.25, 0.3) is 0 Å². The number of amides is 1. The fraction of sp³-hybridized carbons (Fsp3) is 0.350. The Balaban J connectivity index is 1.82. The normalized spacial score (nSPS) is 20.5. The Morgan fingerprint density at radius 1 is 1.08 bits per heavy atom. The summed E-state index contributed by atoms with van der Waals surface area (Å²) >= 11 is 0. The van der Waals surface area contributed by atoms with E-state index in [-0.39, 0.29) is 30.4 Å². The first-order valence-corrected chi connectivity index (χ1v) is 8.43. The molecule has 1 N–H and O–H groups in total. The van der Waals surface area contributed by atoms with E-state index in [1.807, 2.05) is 0 Å². The van der Waals surface area contributed by atoms with Gasteiger partial charge in [0.1, 0.15) is 11.6 Å². The minimum absolute atomic E-state index is 0.0298. The SMILES string of the molecule is O=C(c1ccccc1F)N1CCC[C@](CO)(Cc2ccccc2F)C1. The largest absolute Gasteiger partial charge is 0.396 e. The molecule has 1 aliphatic heterocycles. The molecule has 2 aromatic carbocycles. The maximum absolute atomic E-state index is 14.0. The Bertz CT molecular complexity index is 765. The van der Waals surface area contributed by atoms with Crippen molar-refractivity contribution in [1.29, 1.82) is 0 Å². The molecule has 2 aromatic rings. The minimum atomic E-state index is -0.610. The van der Waals surface area contributed by atoms with Gasteiger partial charge in [0.15, 0.2) is 0 Å². The monoisotopic (exact) mass is 345 g/mol. The highest BCUT2D eigenvalue weighted by atomic mass is 19.1. The summed E-state index contributed by atoms with van der Waals surface area (Å²) in [5, 5.41) is 9.98. The highest BCUT2D eigenvalue weighted by Crippen LogP contribution is 2.34. The van der Waals surface area contributed by atoms with Gasteiger partial charge in [0.2, 0.25) is 0 Å². The third-order valence-electron chi connectivity index (χ3n) is 4.91. The molecule has 0 aromatic heterocycles. The first-order valence-electron chi connectivity index (χ1n) is 8.43. The molecule has 0 unspecified atom stereocenters. The number of likely N-dealkylation sites (tertiary alicyclic amines) is 1. The highest BCUT2D eigenvalue weighted by Gasteiger charge is 2.38. The summed E-state index contributed by atoms with van der Waals surface area (Å²) in [4.78, 5) is 14.2. The number of rotatable bonds is 4. The summed E-state index contributed by atoms with van der Waals surface area (Å²) in [6.07, 6.45) is 1.73. The standard InChI is InChI=1S/C20H21F2NO2/c21-17-8-3-1-6-15(17)12-20(14-24)10-5-11-23(13-20)19(25)16-7-2-4-9-18(16)22/h1-4,6-9,24H,5,10-14H2/t20-/m0/s1. The number of nitrogens with zero attached hydrogens (tertiary/aromatic N) is 1. The Kier molecular flexibility index (Phi) is 5.13. The molecule has 25 heavy (non-hydrogen) atoms. The van der Waals surface area contributed by atoms with E-state index in [9.17, 15) is 18.7 Å². The molecule has 1 aliphatic rings. The Labute approximate surface area is 145 Å². The van der Waals surface area contributed by atoms with Crippen LogP contribution in [0.1, 0.15) is 28.8 Å². The van der Waals surface area contributed by atoms with Crippen LogP contribution in [0.4, 0.5) is 8.78 Å². The summed E-state index contributed by atoms with van der Waals surface area (Å²) in [6, 6.07) is 12.4. The molecule has 0 bridgehead atoms. The van der Waals surface area contributed by atoms with Gasteiger partial charge in [-0.3, -0.25) is 4.79 Å². The third-order valence-corrected chi connectivity index (χ3v) is 4.91. The van der Waals surface area contributed by atoms with Crippen LogP contribution < -0.4 is 0 Å². The van der Waals surface area contributed by atoms with Gasteiger partial charge in [0, 0.05) is 18.5 Å². The van der Waals surface area contributed by atoms with Crippen molar-refractivity contribution in [2.45, 2.75) is 19.3 Å². The first-order chi connectivity index (χ1) is 12.0. The molecule has 0 spiro atoms. The number of piperidine rings is 1. The van der Waals surface area contributed by atoms with Gasteiger partial charge in [-0.15, -0.1) is 0 Å². The van der Waals surface area contributed by atoms with E-state index in [1.165, 1.54) is 18.2 Å². The van der Waals surface area contributed by atoms with Crippen molar-refractivity contribution in [2.75, 3.05) is 19.7 Å². The Hall–Kier alpha value is -2.27. The second-order valence-electron chi connectivity index (χ2n) is 6.74. The van der Waals surface area contributed by atoms with Crippen molar-refractivity contribution in [3.8, 4) is 0 Å². The molecule has 1 atom stereocenters. The third kappa shape index (κ3) is 3.71. The van der Waals surface area contributed by atoms with Gasteiger partial charge < -0.3 is 10.0 Å². The number of carbonyl (C=O) groups is 1. The van der Waals surface area contributed by atoms with E-state index in [0.717, 1.165) is 0 Å². The topological polar surface area (TPSA) is 40.5 Å². The molecule has 0 aliphatic carbocycles. The second-order valence-corrected chi connectivity index (χ2v) is 6.74. The summed E-state index contributed by atoms with van der Waals surface area (Å²) in [6.45, 7) is 0.638. The van der Waals surface area contributed by atoms with Gasteiger partial charge in [-0.25, -0.2) is 8.78 Å². The van der Waals surface area contributed by atoms with Crippen LogP contribution >= 0.6 is 0 Å². The molecule has 0 radical (unpaired) electrons. The van der Waals surface area contributed by atoms with Crippen molar-refractivity contribution < 1.29 is 18.7 Å². The summed E-state index contributed by atoms with van der Waals surface area (Å²) in [7, 11) is 0. The second kappa shape index (κ2) is 7.31. The van der Waals surface area contributed by atoms with Crippen LogP contribution in [0.5, 0.6) is 0 Å². The van der Waals surface area contributed by atoms with Crippen LogP contribution in [0.15, 0.2) is 48.5 Å². The Morgan fingerprint density at radius 2 is 1.76 bits per heavy atom. The van der Waals surface area contributed by atoms with Crippen LogP contribution in [0.2, 0.25) is 0 Å². The van der Waals surface area contributed by atoms with Crippen molar-refractivity contribution in [2.24, 2.45) is 5.41 Å².